The Balaban J connectivity index is 1.36. The van der Waals surface area contributed by atoms with Crippen LogP contribution in [0.1, 0.15) is 26.2 Å². The van der Waals surface area contributed by atoms with Crippen molar-refractivity contribution in [2.24, 2.45) is 5.92 Å². The lowest BCUT2D eigenvalue weighted by molar-refractivity contribution is -0.122. The first-order valence-corrected chi connectivity index (χ1v) is 10.3. The third kappa shape index (κ3) is 4.36. The van der Waals surface area contributed by atoms with E-state index in [0.29, 0.717) is 13.2 Å². The van der Waals surface area contributed by atoms with Crippen molar-refractivity contribution in [1.29, 1.82) is 0 Å². The molecule has 2 aromatic carbocycles. The van der Waals surface area contributed by atoms with Crippen LogP contribution in [0.25, 0.3) is 0 Å². The van der Waals surface area contributed by atoms with Crippen LogP contribution in [0.4, 0.5) is 17.1 Å². The van der Waals surface area contributed by atoms with Crippen molar-refractivity contribution in [3.8, 4) is 5.75 Å². The maximum absolute atomic E-state index is 12.7. The molecule has 2 amide bonds. The van der Waals surface area contributed by atoms with Crippen LogP contribution in [0.15, 0.2) is 48.5 Å². The van der Waals surface area contributed by atoms with Gasteiger partial charge in [0.25, 0.3) is 0 Å². The maximum atomic E-state index is 12.7. The third-order valence-electron chi connectivity index (χ3n) is 5.56. The number of nitrogens with zero attached hydrogens (tertiary/aromatic N) is 2. The molecule has 0 bridgehead atoms. The van der Waals surface area contributed by atoms with Crippen LogP contribution >= 0.6 is 0 Å². The fraction of sp³-hybridized carbons (Fsp3) is 0.391. The van der Waals surface area contributed by atoms with E-state index in [-0.39, 0.29) is 24.2 Å². The minimum atomic E-state index is -0.354. The van der Waals surface area contributed by atoms with E-state index in [2.05, 4.69) is 10.2 Å². The van der Waals surface area contributed by atoms with Crippen molar-refractivity contribution in [3.63, 3.8) is 0 Å². The van der Waals surface area contributed by atoms with E-state index in [1.807, 2.05) is 55.5 Å². The highest BCUT2D eigenvalue weighted by atomic mass is 16.5. The molecule has 1 unspecified atom stereocenters. The first kappa shape index (κ1) is 19.3. The van der Waals surface area contributed by atoms with E-state index >= 15 is 0 Å². The van der Waals surface area contributed by atoms with Gasteiger partial charge in [-0.05, 0) is 68.3 Å². The Labute approximate surface area is 171 Å². The van der Waals surface area contributed by atoms with Crippen LogP contribution in [0, 0.1) is 5.92 Å². The summed E-state index contributed by atoms with van der Waals surface area (Å²) in [6.45, 7) is 5.11. The highest BCUT2D eigenvalue weighted by Crippen LogP contribution is 2.28. The van der Waals surface area contributed by atoms with Crippen LogP contribution in [-0.4, -0.2) is 38.1 Å². The predicted molar refractivity (Wildman–Crippen MR) is 115 cm³/mol. The number of hydrogen-bond acceptors (Lipinski definition) is 4. The Kier molecular flexibility index (Phi) is 5.69. The number of carbonyl (C=O) groups is 2. The monoisotopic (exact) mass is 393 g/mol. The molecule has 6 heteroatoms. The molecule has 1 N–H and O–H groups in total. The Morgan fingerprint density at radius 1 is 1.03 bits per heavy atom. The molecule has 2 saturated heterocycles. The fourth-order valence-corrected chi connectivity index (χ4v) is 4.00. The van der Waals surface area contributed by atoms with E-state index in [4.69, 9.17) is 4.74 Å². The van der Waals surface area contributed by atoms with Gasteiger partial charge >= 0.3 is 0 Å². The van der Waals surface area contributed by atoms with Crippen LogP contribution < -0.4 is 19.9 Å². The smallest absolute Gasteiger partial charge is 0.229 e. The Bertz CT molecular complexity index is 858. The summed E-state index contributed by atoms with van der Waals surface area (Å²) in [5.74, 6) is 0.279. The van der Waals surface area contributed by atoms with Crippen molar-refractivity contribution in [2.45, 2.75) is 26.2 Å². The molecule has 29 heavy (non-hydrogen) atoms. The second-order valence-corrected chi connectivity index (χ2v) is 7.56. The summed E-state index contributed by atoms with van der Waals surface area (Å²) in [6.07, 6.45) is 2.70. The first-order chi connectivity index (χ1) is 14.1. The van der Waals surface area contributed by atoms with Gasteiger partial charge in [0.2, 0.25) is 11.8 Å². The van der Waals surface area contributed by atoms with E-state index in [0.717, 1.165) is 30.2 Å². The third-order valence-corrected chi connectivity index (χ3v) is 5.56. The Morgan fingerprint density at radius 3 is 2.34 bits per heavy atom. The highest BCUT2D eigenvalue weighted by molar-refractivity contribution is 6.03. The van der Waals surface area contributed by atoms with Crippen molar-refractivity contribution in [1.82, 2.24) is 0 Å². The number of anilines is 3. The van der Waals surface area contributed by atoms with E-state index in [1.165, 1.54) is 18.5 Å². The quantitative estimate of drug-likeness (QED) is 0.813. The molecule has 4 rings (SSSR count). The molecule has 2 fully saturated rings. The van der Waals surface area contributed by atoms with Gasteiger partial charge in [-0.15, -0.1) is 0 Å². The normalized spacial score (nSPS) is 18.9. The second-order valence-electron chi connectivity index (χ2n) is 7.56. The van der Waals surface area contributed by atoms with Gasteiger partial charge in [0.15, 0.2) is 0 Å². The molecular formula is C23H27N3O3. The molecule has 0 saturated carbocycles. The largest absolute Gasteiger partial charge is 0.494 e. The van der Waals surface area contributed by atoms with Gasteiger partial charge in [-0.25, -0.2) is 0 Å². The maximum Gasteiger partial charge on any atom is 0.229 e. The average Bonchev–Trinajstić information content (AvgIpc) is 3.40. The van der Waals surface area contributed by atoms with Crippen LogP contribution in [0.3, 0.4) is 0 Å². The zero-order valence-corrected chi connectivity index (χ0v) is 16.8. The van der Waals surface area contributed by atoms with Gasteiger partial charge in [-0.3, -0.25) is 9.59 Å². The fourth-order valence-electron chi connectivity index (χ4n) is 4.00. The number of rotatable bonds is 6. The van der Waals surface area contributed by atoms with Gasteiger partial charge in [0.05, 0.1) is 12.5 Å². The van der Waals surface area contributed by atoms with Crippen molar-refractivity contribution in [2.75, 3.05) is 41.4 Å². The lowest BCUT2D eigenvalue weighted by Gasteiger charge is -2.18. The molecule has 0 spiro atoms. The molecule has 6 nitrogen and oxygen atoms in total. The summed E-state index contributed by atoms with van der Waals surface area (Å²) in [5, 5.41) is 2.96. The standard InChI is InChI=1S/C23H27N3O3/c1-2-29-21-11-9-20(10-12-21)26-16-17(15-22(26)27)23(28)24-18-5-7-19(8-6-18)25-13-3-4-14-25/h5-12,17H,2-4,13-16H2,1H3,(H,24,28). The van der Waals surface area contributed by atoms with E-state index < -0.39 is 0 Å². The lowest BCUT2D eigenvalue weighted by atomic mass is 10.1. The molecule has 0 radical (unpaired) electrons. The minimum Gasteiger partial charge on any atom is -0.494 e. The molecule has 2 heterocycles. The van der Waals surface area contributed by atoms with Gasteiger partial charge in [0.1, 0.15) is 5.75 Å². The van der Waals surface area contributed by atoms with E-state index in [9.17, 15) is 9.59 Å². The summed E-state index contributed by atoms with van der Waals surface area (Å²) in [5.41, 5.74) is 2.76. The van der Waals surface area contributed by atoms with Gasteiger partial charge in [-0.1, -0.05) is 0 Å². The van der Waals surface area contributed by atoms with Crippen molar-refractivity contribution >= 4 is 28.9 Å². The van der Waals surface area contributed by atoms with E-state index in [1.54, 1.807) is 4.90 Å². The molecule has 2 aliphatic heterocycles. The lowest BCUT2D eigenvalue weighted by Crippen LogP contribution is -2.28. The SMILES string of the molecule is CCOc1ccc(N2CC(C(=O)Nc3ccc(N4CCCC4)cc3)CC2=O)cc1. The topological polar surface area (TPSA) is 61.9 Å². The Hall–Kier alpha value is -3.02. The number of ether oxygens (including phenoxy) is 1. The number of nitrogens with one attached hydrogen (secondary N) is 1. The minimum absolute atomic E-state index is 0.0290. The molecule has 152 valence electrons. The van der Waals surface area contributed by atoms with Crippen molar-refractivity contribution in [3.05, 3.63) is 48.5 Å². The predicted octanol–water partition coefficient (Wildman–Crippen LogP) is 3.68. The zero-order valence-electron chi connectivity index (χ0n) is 16.8. The first-order valence-electron chi connectivity index (χ1n) is 10.3. The number of hydrogen-bond donors (Lipinski definition) is 1. The number of benzene rings is 2. The molecule has 0 aliphatic carbocycles. The molecule has 0 aromatic heterocycles. The zero-order chi connectivity index (χ0) is 20.2. The molecular weight excluding hydrogens is 366 g/mol. The number of carbonyl (C=O) groups excluding carboxylic acids is 2. The van der Waals surface area contributed by atoms with Crippen LogP contribution in [0.5, 0.6) is 5.75 Å². The van der Waals surface area contributed by atoms with Crippen LogP contribution in [-0.2, 0) is 9.59 Å². The Morgan fingerprint density at radius 2 is 1.69 bits per heavy atom. The summed E-state index contributed by atoms with van der Waals surface area (Å²) in [4.78, 5) is 29.2. The summed E-state index contributed by atoms with van der Waals surface area (Å²) in [6, 6.07) is 15.4. The van der Waals surface area contributed by atoms with Gasteiger partial charge in [-0.2, -0.15) is 0 Å². The van der Waals surface area contributed by atoms with Crippen molar-refractivity contribution < 1.29 is 14.3 Å². The number of amides is 2. The summed E-state index contributed by atoms with van der Waals surface area (Å²) >= 11 is 0. The second kappa shape index (κ2) is 8.55. The molecule has 2 aromatic rings. The summed E-state index contributed by atoms with van der Waals surface area (Å²) < 4.78 is 5.45. The highest BCUT2D eigenvalue weighted by Gasteiger charge is 2.35. The molecule has 2 aliphatic rings. The average molecular weight is 393 g/mol. The van der Waals surface area contributed by atoms with Gasteiger partial charge in [0, 0.05) is 43.1 Å². The molecule has 1 atom stereocenters. The summed E-state index contributed by atoms with van der Waals surface area (Å²) in [7, 11) is 0. The van der Waals surface area contributed by atoms with Gasteiger partial charge < -0.3 is 19.9 Å². The van der Waals surface area contributed by atoms with Crippen LogP contribution in [0.2, 0.25) is 0 Å².